The van der Waals surface area contributed by atoms with Crippen molar-refractivity contribution in [3.05, 3.63) is 29.8 Å². The Morgan fingerprint density at radius 2 is 2.00 bits per heavy atom. The highest BCUT2D eigenvalue weighted by Gasteiger charge is 2.36. The molecule has 1 aliphatic carbocycles. The van der Waals surface area contributed by atoms with E-state index in [0.717, 1.165) is 31.5 Å². The van der Waals surface area contributed by atoms with Gasteiger partial charge in [-0.25, -0.2) is 0 Å². The van der Waals surface area contributed by atoms with Crippen LogP contribution in [0.5, 0.6) is 0 Å². The van der Waals surface area contributed by atoms with Crippen molar-refractivity contribution >= 4 is 11.6 Å². The van der Waals surface area contributed by atoms with E-state index >= 15 is 0 Å². The van der Waals surface area contributed by atoms with Gasteiger partial charge >= 0.3 is 0 Å². The summed E-state index contributed by atoms with van der Waals surface area (Å²) in [7, 11) is 0. The number of anilines is 1. The molecule has 0 saturated heterocycles. The molecule has 0 N–H and O–H groups in total. The number of hydrogen-bond donors (Lipinski definition) is 0. The van der Waals surface area contributed by atoms with Crippen LogP contribution >= 0.6 is 0 Å². The summed E-state index contributed by atoms with van der Waals surface area (Å²) >= 11 is 0. The van der Waals surface area contributed by atoms with Crippen LogP contribution in [0.15, 0.2) is 24.3 Å². The van der Waals surface area contributed by atoms with E-state index in [1.54, 1.807) is 0 Å². The second-order valence-electron chi connectivity index (χ2n) is 5.01. The molecule has 1 unspecified atom stereocenters. The van der Waals surface area contributed by atoms with Gasteiger partial charge in [-0.2, -0.15) is 0 Å². The van der Waals surface area contributed by atoms with Crippen LogP contribution in [0.4, 0.5) is 5.69 Å². The normalized spacial score (nSPS) is 24.1. The average molecular weight is 215 g/mol. The molecule has 0 radical (unpaired) electrons. The van der Waals surface area contributed by atoms with Gasteiger partial charge in [-0.15, -0.1) is 0 Å². The maximum absolute atomic E-state index is 12.2. The zero-order chi connectivity index (χ0) is 11.1. The van der Waals surface area contributed by atoms with Gasteiger partial charge in [0.2, 0.25) is 5.91 Å². The minimum absolute atomic E-state index is 0.321. The Kier molecular flexibility index (Phi) is 2.23. The van der Waals surface area contributed by atoms with Crippen LogP contribution in [0.2, 0.25) is 0 Å². The number of amides is 1. The number of carbonyl (C=O) groups excluding carboxylic acids is 1. The first-order valence-corrected chi connectivity index (χ1v) is 6.17. The fourth-order valence-electron chi connectivity index (χ4n) is 2.53. The second kappa shape index (κ2) is 3.62. The molecule has 3 rings (SSSR count). The van der Waals surface area contributed by atoms with Crippen LogP contribution in [0.3, 0.4) is 0 Å². The van der Waals surface area contributed by atoms with E-state index in [2.05, 4.69) is 25.1 Å². The molecule has 1 saturated carbocycles. The molecular formula is C14H17NO. The molecule has 1 amide bonds. The first-order chi connectivity index (χ1) is 7.77. The fraction of sp³-hybridized carbons (Fsp3) is 0.500. The molecule has 1 aromatic rings. The molecule has 1 atom stereocenters. The third kappa shape index (κ3) is 1.53. The van der Waals surface area contributed by atoms with Gasteiger partial charge in [-0.3, -0.25) is 4.79 Å². The summed E-state index contributed by atoms with van der Waals surface area (Å²) in [6.45, 7) is 3.14. The molecule has 0 bridgehead atoms. The highest BCUT2D eigenvalue weighted by atomic mass is 16.2. The van der Waals surface area contributed by atoms with Gasteiger partial charge in [0.1, 0.15) is 0 Å². The van der Waals surface area contributed by atoms with Gasteiger partial charge in [-0.05, 0) is 36.8 Å². The number of para-hydroxylation sites is 1. The van der Waals surface area contributed by atoms with Gasteiger partial charge < -0.3 is 4.90 Å². The Hall–Kier alpha value is -1.31. The number of benzene rings is 1. The molecule has 2 aliphatic rings. The summed E-state index contributed by atoms with van der Waals surface area (Å²) in [5.74, 6) is 1.25. The van der Waals surface area contributed by atoms with Crippen molar-refractivity contribution < 1.29 is 4.79 Å². The lowest BCUT2D eigenvalue weighted by atomic mass is 9.91. The summed E-state index contributed by atoms with van der Waals surface area (Å²) in [6, 6.07) is 8.35. The molecule has 2 nitrogen and oxygen atoms in total. The van der Waals surface area contributed by atoms with Crippen molar-refractivity contribution in [1.29, 1.82) is 0 Å². The molecule has 1 aliphatic heterocycles. The van der Waals surface area contributed by atoms with E-state index in [1.807, 2.05) is 11.0 Å². The minimum Gasteiger partial charge on any atom is -0.312 e. The van der Waals surface area contributed by atoms with Crippen molar-refractivity contribution in [2.45, 2.75) is 32.1 Å². The number of rotatable bonds is 1. The molecule has 2 heteroatoms. The van der Waals surface area contributed by atoms with Gasteiger partial charge in [0, 0.05) is 18.2 Å². The first kappa shape index (κ1) is 9.88. The van der Waals surface area contributed by atoms with Crippen molar-refractivity contribution in [1.82, 2.24) is 0 Å². The lowest BCUT2D eigenvalue weighted by molar-refractivity contribution is -0.119. The van der Waals surface area contributed by atoms with Gasteiger partial charge in [0.15, 0.2) is 0 Å². The van der Waals surface area contributed by atoms with E-state index in [1.165, 1.54) is 5.56 Å². The van der Waals surface area contributed by atoms with Crippen LogP contribution in [-0.4, -0.2) is 12.5 Å². The van der Waals surface area contributed by atoms with Crippen molar-refractivity contribution in [3.8, 4) is 0 Å². The quantitative estimate of drug-likeness (QED) is 0.705. The summed E-state index contributed by atoms with van der Waals surface area (Å²) in [4.78, 5) is 14.2. The van der Waals surface area contributed by atoms with Crippen LogP contribution in [-0.2, 0) is 4.79 Å². The Morgan fingerprint density at radius 3 is 2.75 bits per heavy atom. The van der Waals surface area contributed by atoms with E-state index in [-0.39, 0.29) is 0 Å². The third-order valence-corrected chi connectivity index (χ3v) is 3.74. The molecule has 84 valence electrons. The summed E-state index contributed by atoms with van der Waals surface area (Å²) in [5.41, 5.74) is 2.49. The minimum atomic E-state index is 0.321. The largest absolute Gasteiger partial charge is 0.312 e. The smallest absolute Gasteiger partial charge is 0.230 e. The van der Waals surface area contributed by atoms with E-state index in [4.69, 9.17) is 0 Å². The van der Waals surface area contributed by atoms with Crippen LogP contribution < -0.4 is 4.90 Å². The zero-order valence-electron chi connectivity index (χ0n) is 9.65. The molecule has 16 heavy (non-hydrogen) atoms. The number of fused-ring (bicyclic) bond motifs is 1. The molecule has 1 fully saturated rings. The topological polar surface area (TPSA) is 20.3 Å². The van der Waals surface area contributed by atoms with E-state index in [0.29, 0.717) is 17.7 Å². The highest BCUT2D eigenvalue weighted by molar-refractivity contribution is 5.97. The fourth-order valence-corrected chi connectivity index (χ4v) is 2.53. The van der Waals surface area contributed by atoms with E-state index < -0.39 is 0 Å². The van der Waals surface area contributed by atoms with Crippen molar-refractivity contribution in [2.24, 2.45) is 5.92 Å². The standard InChI is InChI=1S/C14H17NO/c1-10-8-9-15(14(16)11-6-7-11)13-5-3-2-4-12(10)13/h2-5,10-11H,6-9H2,1H3. The first-order valence-electron chi connectivity index (χ1n) is 6.17. The van der Waals surface area contributed by atoms with Crippen molar-refractivity contribution in [3.63, 3.8) is 0 Å². The number of hydrogen-bond acceptors (Lipinski definition) is 1. The SMILES string of the molecule is CC1CCN(C(=O)C2CC2)c2ccccc21. The Labute approximate surface area is 96.3 Å². The predicted octanol–water partition coefficient (Wildman–Crippen LogP) is 2.94. The van der Waals surface area contributed by atoms with Crippen LogP contribution in [0.25, 0.3) is 0 Å². The number of nitrogens with zero attached hydrogens (tertiary/aromatic N) is 1. The van der Waals surface area contributed by atoms with E-state index in [9.17, 15) is 4.79 Å². The summed E-state index contributed by atoms with van der Waals surface area (Å²) < 4.78 is 0. The Bertz CT molecular complexity index is 422. The average Bonchev–Trinajstić information content (AvgIpc) is 3.13. The van der Waals surface area contributed by atoms with Gasteiger partial charge in [0.25, 0.3) is 0 Å². The molecule has 0 aromatic heterocycles. The summed E-state index contributed by atoms with van der Waals surface area (Å²) in [6.07, 6.45) is 3.27. The van der Waals surface area contributed by atoms with Gasteiger partial charge in [0.05, 0.1) is 0 Å². The molecule has 1 aromatic carbocycles. The van der Waals surface area contributed by atoms with Crippen molar-refractivity contribution in [2.75, 3.05) is 11.4 Å². The Balaban J connectivity index is 1.97. The second-order valence-corrected chi connectivity index (χ2v) is 5.01. The van der Waals surface area contributed by atoms with Crippen LogP contribution in [0.1, 0.15) is 37.7 Å². The molecule has 0 spiro atoms. The highest BCUT2D eigenvalue weighted by Crippen LogP contribution is 2.39. The lowest BCUT2D eigenvalue weighted by Crippen LogP contribution is -2.37. The Morgan fingerprint density at radius 1 is 1.25 bits per heavy atom. The summed E-state index contributed by atoms with van der Waals surface area (Å²) in [5, 5.41) is 0. The van der Waals surface area contributed by atoms with Crippen LogP contribution in [0, 0.1) is 5.92 Å². The third-order valence-electron chi connectivity index (χ3n) is 3.74. The predicted molar refractivity (Wildman–Crippen MR) is 64.6 cm³/mol. The molecular weight excluding hydrogens is 198 g/mol. The zero-order valence-corrected chi connectivity index (χ0v) is 9.65. The van der Waals surface area contributed by atoms with Gasteiger partial charge in [-0.1, -0.05) is 25.1 Å². The maximum Gasteiger partial charge on any atom is 0.230 e. The monoisotopic (exact) mass is 215 g/mol. The molecule has 1 heterocycles. The maximum atomic E-state index is 12.2. The number of carbonyl (C=O) groups is 1. The lowest BCUT2D eigenvalue weighted by Gasteiger charge is -2.33.